The number of methoxy groups -OCH3 is 2. The average Bonchev–Trinajstić information content (AvgIpc) is 3.47. The third kappa shape index (κ3) is 10.8. The number of amides is 4. The van der Waals surface area contributed by atoms with E-state index in [0.717, 1.165) is 12.8 Å². The molecule has 12 heteroatoms. The fraction of sp³-hybridized carbons (Fsp3) is 0.844. The van der Waals surface area contributed by atoms with Gasteiger partial charge in [0.25, 0.3) is 0 Å². The van der Waals surface area contributed by atoms with E-state index in [1.807, 2.05) is 46.7 Å². The van der Waals surface area contributed by atoms with Gasteiger partial charge in [0.1, 0.15) is 0 Å². The smallest absolute Gasteiger partial charge is 0.242 e. The number of likely N-dealkylation sites (N-methyl/N-ethyl adjacent to an activating group) is 2. The summed E-state index contributed by atoms with van der Waals surface area (Å²) in [5.74, 6) is -1.45. The van der Waals surface area contributed by atoms with Crippen LogP contribution in [0.4, 0.5) is 0 Å². The zero-order chi connectivity index (χ0) is 33.7. The topological polar surface area (TPSA) is 138 Å². The van der Waals surface area contributed by atoms with E-state index < -0.39 is 24.2 Å². The maximum Gasteiger partial charge on any atom is 0.242 e. The summed E-state index contributed by atoms with van der Waals surface area (Å²) in [6.07, 6.45) is 1.47. The predicted octanol–water partition coefficient (Wildman–Crippen LogP) is 1.70. The van der Waals surface area contributed by atoms with Crippen LogP contribution in [0.15, 0.2) is 0 Å². The van der Waals surface area contributed by atoms with Gasteiger partial charge in [-0.1, -0.05) is 48.0 Å². The standard InChI is InChI=1S/C32H59N5O7/c1-12-21(5)29(36(9)27(40)19-34-32(42)28(20(3)4)35(7)8)25(43-10)17-26(39)37-16-14-15-24(37)30(44-11)22(6)31(41)33-18-23(38)13-2/h20-22,24-25,28-30H,12-19H2,1-11H3,(H,33,41)(H,34,42). The molecule has 254 valence electrons. The molecule has 0 aliphatic carbocycles. The highest BCUT2D eigenvalue weighted by Crippen LogP contribution is 2.29. The number of hydrogen-bond donors (Lipinski definition) is 2. The first-order valence-corrected chi connectivity index (χ1v) is 16.0. The molecule has 1 rings (SSSR count). The molecule has 0 spiro atoms. The molecule has 44 heavy (non-hydrogen) atoms. The number of rotatable bonds is 19. The molecule has 0 bridgehead atoms. The Balaban J connectivity index is 3.05. The molecule has 1 aliphatic rings. The van der Waals surface area contributed by atoms with Crippen molar-refractivity contribution >= 4 is 29.4 Å². The van der Waals surface area contributed by atoms with E-state index in [1.54, 1.807) is 37.8 Å². The Kier molecular flexibility index (Phi) is 17.1. The lowest BCUT2D eigenvalue weighted by atomic mass is 9.90. The highest BCUT2D eigenvalue weighted by atomic mass is 16.5. The Morgan fingerprint density at radius 3 is 2.02 bits per heavy atom. The van der Waals surface area contributed by atoms with Crippen molar-refractivity contribution in [3.63, 3.8) is 0 Å². The van der Waals surface area contributed by atoms with Gasteiger partial charge in [-0.2, -0.15) is 0 Å². The number of nitrogens with zero attached hydrogens (tertiary/aromatic N) is 3. The zero-order valence-corrected chi connectivity index (χ0v) is 29.0. The second kappa shape index (κ2) is 19.1. The van der Waals surface area contributed by atoms with Crippen LogP contribution in [-0.4, -0.2) is 129 Å². The molecular formula is C32H59N5O7. The maximum absolute atomic E-state index is 13.8. The van der Waals surface area contributed by atoms with Gasteiger partial charge in [0.2, 0.25) is 23.6 Å². The van der Waals surface area contributed by atoms with Gasteiger partial charge in [0.05, 0.1) is 55.8 Å². The largest absolute Gasteiger partial charge is 0.379 e. The lowest BCUT2D eigenvalue weighted by Gasteiger charge is -2.39. The van der Waals surface area contributed by atoms with Crippen LogP contribution in [-0.2, 0) is 33.4 Å². The molecule has 1 fully saturated rings. The molecule has 4 amide bonds. The SMILES string of the molecule is CCC(=O)CNC(=O)C(C)C(OC)C1CCCN1C(=O)CC(OC)C(C(C)CC)N(C)C(=O)CNC(=O)C(C(C)C)N(C)C. The molecule has 1 heterocycles. The molecular weight excluding hydrogens is 566 g/mol. The van der Waals surface area contributed by atoms with Crippen LogP contribution in [0.3, 0.4) is 0 Å². The number of carbonyl (C=O) groups is 5. The minimum atomic E-state index is -0.588. The molecule has 0 radical (unpaired) electrons. The van der Waals surface area contributed by atoms with Crippen molar-refractivity contribution in [1.29, 1.82) is 0 Å². The first-order chi connectivity index (χ1) is 20.7. The Morgan fingerprint density at radius 1 is 0.909 bits per heavy atom. The van der Waals surface area contributed by atoms with E-state index in [2.05, 4.69) is 10.6 Å². The monoisotopic (exact) mass is 625 g/mol. The normalized spacial score (nSPS) is 19.2. The molecule has 0 aromatic carbocycles. The summed E-state index contributed by atoms with van der Waals surface area (Å²) in [5.41, 5.74) is 0. The van der Waals surface area contributed by atoms with E-state index >= 15 is 0 Å². The third-order valence-corrected chi connectivity index (χ3v) is 9.03. The first kappa shape index (κ1) is 39.5. The summed E-state index contributed by atoms with van der Waals surface area (Å²) in [7, 11) is 8.44. The van der Waals surface area contributed by atoms with Crippen molar-refractivity contribution < 1.29 is 33.4 Å². The zero-order valence-electron chi connectivity index (χ0n) is 29.0. The number of ketones is 1. The van der Waals surface area contributed by atoms with Crippen LogP contribution in [0, 0.1) is 17.8 Å². The Morgan fingerprint density at radius 2 is 1.52 bits per heavy atom. The van der Waals surface area contributed by atoms with Crippen LogP contribution in [0.1, 0.15) is 73.6 Å². The van der Waals surface area contributed by atoms with E-state index in [-0.39, 0.29) is 72.8 Å². The van der Waals surface area contributed by atoms with Crippen LogP contribution in [0.25, 0.3) is 0 Å². The second-order valence-electron chi connectivity index (χ2n) is 12.6. The van der Waals surface area contributed by atoms with E-state index in [0.29, 0.717) is 19.4 Å². The third-order valence-electron chi connectivity index (χ3n) is 9.03. The molecule has 1 aliphatic heterocycles. The van der Waals surface area contributed by atoms with Crippen LogP contribution in [0.5, 0.6) is 0 Å². The van der Waals surface area contributed by atoms with Crippen LogP contribution in [0.2, 0.25) is 0 Å². The lowest BCUT2D eigenvalue weighted by Crippen LogP contribution is -2.55. The number of nitrogens with one attached hydrogen (secondary N) is 2. The van der Waals surface area contributed by atoms with Crippen molar-refractivity contribution in [2.45, 2.75) is 104 Å². The average molecular weight is 626 g/mol. The quantitative estimate of drug-likeness (QED) is 0.221. The van der Waals surface area contributed by atoms with E-state index in [4.69, 9.17) is 9.47 Å². The molecule has 12 nitrogen and oxygen atoms in total. The second-order valence-corrected chi connectivity index (χ2v) is 12.6. The molecule has 1 saturated heterocycles. The van der Waals surface area contributed by atoms with Gasteiger partial charge in [-0.15, -0.1) is 0 Å². The molecule has 0 saturated carbocycles. The predicted molar refractivity (Wildman–Crippen MR) is 170 cm³/mol. The first-order valence-electron chi connectivity index (χ1n) is 16.0. The van der Waals surface area contributed by atoms with Crippen molar-refractivity contribution in [3.05, 3.63) is 0 Å². The van der Waals surface area contributed by atoms with Crippen LogP contribution >= 0.6 is 0 Å². The molecule has 7 unspecified atom stereocenters. The summed E-state index contributed by atoms with van der Waals surface area (Å²) in [6, 6.07) is -1.08. The Bertz CT molecular complexity index is 951. The van der Waals surface area contributed by atoms with Gasteiger partial charge in [-0.25, -0.2) is 0 Å². The number of ether oxygens (including phenoxy) is 2. The molecule has 2 N–H and O–H groups in total. The number of likely N-dealkylation sites (tertiary alicyclic amines) is 1. The van der Waals surface area contributed by atoms with Gasteiger partial charge >= 0.3 is 0 Å². The molecule has 0 aromatic heterocycles. The summed E-state index contributed by atoms with van der Waals surface area (Å²) in [5, 5.41) is 5.48. The fourth-order valence-corrected chi connectivity index (χ4v) is 6.32. The number of Topliss-reactive ketones (excluding diaryl/α,β-unsaturated/α-hetero) is 1. The Hall–Kier alpha value is -2.57. The van der Waals surface area contributed by atoms with Gasteiger partial charge in [-0.05, 0) is 38.8 Å². The highest BCUT2D eigenvalue weighted by molar-refractivity contribution is 5.88. The highest BCUT2D eigenvalue weighted by Gasteiger charge is 2.42. The summed E-state index contributed by atoms with van der Waals surface area (Å²) in [4.78, 5) is 69.7. The van der Waals surface area contributed by atoms with Gasteiger partial charge in [-0.3, -0.25) is 28.9 Å². The molecule has 0 aromatic rings. The Labute approximate surface area is 264 Å². The van der Waals surface area contributed by atoms with Gasteiger partial charge < -0.3 is 29.9 Å². The van der Waals surface area contributed by atoms with Gasteiger partial charge in [0, 0.05) is 34.2 Å². The lowest BCUT2D eigenvalue weighted by molar-refractivity contribution is -0.146. The number of carbonyl (C=O) groups excluding carboxylic acids is 5. The summed E-state index contributed by atoms with van der Waals surface area (Å²) < 4.78 is 11.6. The summed E-state index contributed by atoms with van der Waals surface area (Å²) >= 11 is 0. The van der Waals surface area contributed by atoms with Gasteiger partial charge in [0.15, 0.2) is 5.78 Å². The van der Waals surface area contributed by atoms with Crippen LogP contribution < -0.4 is 10.6 Å². The van der Waals surface area contributed by atoms with Crippen molar-refractivity contribution in [2.75, 3.05) is 55.0 Å². The number of hydrogen-bond acceptors (Lipinski definition) is 8. The minimum Gasteiger partial charge on any atom is -0.379 e. The minimum absolute atomic E-state index is 0.0123. The van der Waals surface area contributed by atoms with Crippen molar-refractivity contribution in [3.8, 4) is 0 Å². The molecule has 7 atom stereocenters. The van der Waals surface area contributed by atoms with Crippen molar-refractivity contribution in [1.82, 2.24) is 25.3 Å². The van der Waals surface area contributed by atoms with Crippen molar-refractivity contribution in [2.24, 2.45) is 17.8 Å². The van der Waals surface area contributed by atoms with E-state index in [9.17, 15) is 24.0 Å². The maximum atomic E-state index is 13.8. The fourth-order valence-electron chi connectivity index (χ4n) is 6.32. The van der Waals surface area contributed by atoms with E-state index in [1.165, 1.54) is 7.11 Å². The summed E-state index contributed by atoms with van der Waals surface area (Å²) in [6.45, 7) is 11.8.